The third-order valence-electron chi connectivity index (χ3n) is 3.35. The van der Waals surface area contributed by atoms with Gasteiger partial charge in [0.25, 0.3) is 0 Å². The number of unbranched alkanes of at least 4 members (excludes halogenated alkanes) is 1. The van der Waals surface area contributed by atoms with E-state index in [1.165, 1.54) is 19.3 Å². The van der Waals surface area contributed by atoms with Gasteiger partial charge in [-0.1, -0.05) is 63.3 Å². The Morgan fingerprint density at radius 2 is 1.82 bits per heavy atom. The first-order valence-electron chi connectivity index (χ1n) is 6.60. The predicted octanol–water partition coefficient (Wildman–Crippen LogP) is 4.98. The van der Waals surface area contributed by atoms with Gasteiger partial charge in [-0.15, -0.1) is 0 Å². The van der Waals surface area contributed by atoms with Crippen LogP contribution in [0.25, 0.3) is 0 Å². The molecule has 1 aromatic carbocycles. The molecule has 0 aliphatic carbocycles. The molecular formula is C15H23ClO. The molecular weight excluding hydrogens is 232 g/mol. The molecule has 0 spiro atoms. The van der Waals surface area contributed by atoms with Crippen LogP contribution in [-0.4, -0.2) is 5.11 Å². The van der Waals surface area contributed by atoms with Crippen molar-refractivity contribution < 1.29 is 5.11 Å². The van der Waals surface area contributed by atoms with Crippen LogP contribution in [0.15, 0.2) is 24.3 Å². The van der Waals surface area contributed by atoms with Gasteiger partial charge in [0.05, 0.1) is 6.10 Å². The topological polar surface area (TPSA) is 20.2 Å². The molecule has 0 aliphatic rings. The SMILES string of the molecule is CCCCC(CC)CC(O)c1ccc(Cl)cc1. The van der Waals surface area contributed by atoms with Gasteiger partial charge in [-0.05, 0) is 30.0 Å². The predicted molar refractivity (Wildman–Crippen MR) is 74.3 cm³/mol. The van der Waals surface area contributed by atoms with Crippen LogP contribution in [0.2, 0.25) is 5.02 Å². The average Bonchev–Trinajstić information content (AvgIpc) is 2.35. The fraction of sp³-hybridized carbons (Fsp3) is 0.600. The van der Waals surface area contributed by atoms with E-state index in [9.17, 15) is 5.11 Å². The fourth-order valence-corrected chi connectivity index (χ4v) is 2.24. The molecule has 1 rings (SSSR count). The molecule has 1 aromatic rings. The zero-order chi connectivity index (χ0) is 12.7. The van der Waals surface area contributed by atoms with Crippen LogP contribution < -0.4 is 0 Å². The summed E-state index contributed by atoms with van der Waals surface area (Å²) in [5, 5.41) is 10.9. The molecule has 96 valence electrons. The minimum Gasteiger partial charge on any atom is -0.388 e. The summed E-state index contributed by atoms with van der Waals surface area (Å²) < 4.78 is 0. The normalized spacial score (nSPS) is 14.6. The Bertz CT molecular complexity index is 307. The number of hydrogen-bond acceptors (Lipinski definition) is 1. The van der Waals surface area contributed by atoms with E-state index in [0.717, 1.165) is 23.4 Å². The maximum absolute atomic E-state index is 10.2. The molecule has 2 unspecified atom stereocenters. The van der Waals surface area contributed by atoms with Crippen molar-refractivity contribution in [3.05, 3.63) is 34.9 Å². The van der Waals surface area contributed by atoms with Crippen LogP contribution in [-0.2, 0) is 0 Å². The van der Waals surface area contributed by atoms with Gasteiger partial charge in [-0.25, -0.2) is 0 Å². The van der Waals surface area contributed by atoms with Crippen LogP contribution >= 0.6 is 11.6 Å². The quantitative estimate of drug-likeness (QED) is 0.728. The monoisotopic (exact) mass is 254 g/mol. The van der Waals surface area contributed by atoms with Gasteiger partial charge in [0.15, 0.2) is 0 Å². The van der Waals surface area contributed by atoms with E-state index in [1.54, 1.807) is 0 Å². The summed E-state index contributed by atoms with van der Waals surface area (Å²) in [6.07, 6.45) is 5.36. The van der Waals surface area contributed by atoms with E-state index in [-0.39, 0.29) is 6.10 Å². The third-order valence-corrected chi connectivity index (χ3v) is 3.61. The van der Waals surface area contributed by atoms with Crippen LogP contribution in [0.1, 0.15) is 57.6 Å². The Kier molecular flexibility index (Phi) is 6.61. The lowest BCUT2D eigenvalue weighted by atomic mass is 9.91. The lowest BCUT2D eigenvalue weighted by Gasteiger charge is -2.19. The second-order valence-corrected chi connectivity index (χ2v) is 5.16. The third kappa shape index (κ3) is 5.10. The van der Waals surface area contributed by atoms with E-state index in [0.29, 0.717) is 5.92 Å². The van der Waals surface area contributed by atoms with Gasteiger partial charge in [0.2, 0.25) is 0 Å². The largest absolute Gasteiger partial charge is 0.388 e. The minimum atomic E-state index is -0.353. The zero-order valence-electron chi connectivity index (χ0n) is 10.8. The van der Waals surface area contributed by atoms with Crippen molar-refractivity contribution in [1.29, 1.82) is 0 Å². The summed E-state index contributed by atoms with van der Waals surface area (Å²) in [4.78, 5) is 0. The van der Waals surface area contributed by atoms with Crippen LogP contribution in [0.4, 0.5) is 0 Å². The Morgan fingerprint density at radius 3 is 2.35 bits per heavy atom. The number of hydrogen-bond donors (Lipinski definition) is 1. The molecule has 0 radical (unpaired) electrons. The van der Waals surface area contributed by atoms with Crippen LogP contribution in [0, 0.1) is 5.92 Å². The van der Waals surface area contributed by atoms with Gasteiger partial charge in [-0.3, -0.25) is 0 Å². The molecule has 2 heteroatoms. The molecule has 0 fully saturated rings. The maximum atomic E-state index is 10.2. The molecule has 0 saturated carbocycles. The van der Waals surface area contributed by atoms with E-state index in [1.807, 2.05) is 24.3 Å². The molecule has 0 aliphatic heterocycles. The number of rotatable bonds is 7. The molecule has 0 bridgehead atoms. The van der Waals surface area contributed by atoms with Gasteiger partial charge in [-0.2, -0.15) is 0 Å². The van der Waals surface area contributed by atoms with Crippen LogP contribution in [0.3, 0.4) is 0 Å². The summed E-state index contributed by atoms with van der Waals surface area (Å²) in [5.74, 6) is 0.626. The summed E-state index contributed by atoms with van der Waals surface area (Å²) in [5.41, 5.74) is 0.976. The maximum Gasteiger partial charge on any atom is 0.0792 e. The first kappa shape index (κ1) is 14.5. The molecule has 1 nitrogen and oxygen atoms in total. The highest BCUT2D eigenvalue weighted by Crippen LogP contribution is 2.27. The van der Waals surface area contributed by atoms with Crippen molar-refractivity contribution in [2.45, 2.75) is 52.1 Å². The van der Waals surface area contributed by atoms with Crippen molar-refractivity contribution in [2.24, 2.45) is 5.92 Å². The Hall–Kier alpha value is -0.530. The standard InChI is InChI=1S/C15H23ClO/c1-3-5-6-12(4-2)11-15(17)13-7-9-14(16)10-8-13/h7-10,12,15,17H,3-6,11H2,1-2H3. The fourth-order valence-electron chi connectivity index (χ4n) is 2.12. The van der Waals surface area contributed by atoms with Gasteiger partial charge in [0.1, 0.15) is 0 Å². The molecule has 17 heavy (non-hydrogen) atoms. The molecule has 0 saturated heterocycles. The molecule has 0 heterocycles. The Balaban J connectivity index is 2.51. The summed E-state index contributed by atoms with van der Waals surface area (Å²) >= 11 is 5.84. The number of aliphatic hydroxyl groups excluding tert-OH is 1. The van der Waals surface area contributed by atoms with Crippen molar-refractivity contribution >= 4 is 11.6 Å². The minimum absolute atomic E-state index is 0.353. The Labute approximate surface area is 110 Å². The smallest absolute Gasteiger partial charge is 0.0792 e. The van der Waals surface area contributed by atoms with Crippen molar-refractivity contribution in [3.63, 3.8) is 0 Å². The van der Waals surface area contributed by atoms with Crippen molar-refractivity contribution in [1.82, 2.24) is 0 Å². The molecule has 1 N–H and O–H groups in total. The number of halogens is 1. The first-order valence-corrected chi connectivity index (χ1v) is 6.98. The summed E-state index contributed by atoms with van der Waals surface area (Å²) in [6, 6.07) is 7.51. The van der Waals surface area contributed by atoms with Crippen LogP contribution in [0.5, 0.6) is 0 Å². The number of benzene rings is 1. The summed E-state index contributed by atoms with van der Waals surface area (Å²) in [7, 11) is 0. The van der Waals surface area contributed by atoms with E-state index >= 15 is 0 Å². The second kappa shape index (κ2) is 7.73. The zero-order valence-corrected chi connectivity index (χ0v) is 11.6. The van der Waals surface area contributed by atoms with Crippen molar-refractivity contribution in [2.75, 3.05) is 0 Å². The lowest BCUT2D eigenvalue weighted by molar-refractivity contribution is 0.139. The van der Waals surface area contributed by atoms with Crippen molar-refractivity contribution in [3.8, 4) is 0 Å². The molecule has 2 atom stereocenters. The summed E-state index contributed by atoms with van der Waals surface area (Å²) in [6.45, 7) is 4.41. The second-order valence-electron chi connectivity index (χ2n) is 4.72. The van der Waals surface area contributed by atoms with Gasteiger partial charge in [0, 0.05) is 5.02 Å². The molecule has 0 amide bonds. The molecule has 0 aromatic heterocycles. The van der Waals surface area contributed by atoms with Gasteiger partial charge >= 0.3 is 0 Å². The van der Waals surface area contributed by atoms with E-state index < -0.39 is 0 Å². The highest BCUT2D eigenvalue weighted by molar-refractivity contribution is 6.30. The van der Waals surface area contributed by atoms with Gasteiger partial charge < -0.3 is 5.11 Å². The number of aliphatic hydroxyl groups is 1. The Morgan fingerprint density at radius 1 is 1.18 bits per heavy atom. The van der Waals surface area contributed by atoms with E-state index in [4.69, 9.17) is 11.6 Å². The highest BCUT2D eigenvalue weighted by Gasteiger charge is 2.14. The lowest BCUT2D eigenvalue weighted by Crippen LogP contribution is -2.07. The first-order chi connectivity index (χ1) is 8.17. The van der Waals surface area contributed by atoms with E-state index in [2.05, 4.69) is 13.8 Å². The average molecular weight is 255 g/mol. The highest BCUT2D eigenvalue weighted by atomic mass is 35.5.